The average molecular weight is 230 g/mol. The van der Waals surface area contributed by atoms with Gasteiger partial charge < -0.3 is 9.90 Å². The number of hydrogen-bond donors (Lipinski definition) is 2. The summed E-state index contributed by atoms with van der Waals surface area (Å²) in [5.41, 5.74) is -1.80. The van der Waals surface area contributed by atoms with Gasteiger partial charge in [0.1, 0.15) is 6.29 Å². The lowest BCUT2D eigenvalue weighted by Gasteiger charge is -2.14. The van der Waals surface area contributed by atoms with Gasteiger partial charge in [-0.1, -0.05) is 30.3 Å². The number of aldehydes is 1. The largest absolute Gasteiger partial charge is 0.374 e. The van der Waals surface area contributed by atoms with Crippen LogP contribution in [0.15, 0.2) is 30.3 Å². The van der Waals surface area contributed by atoms with Crippen molar-refractivity contribution in [3.8, 4) is 0 Å². The van der Waals surface area contributed by atoms with Crippen LogP contribution in [0.5, 0.6) is 0 Å². The monoisotopic (exact) mass is 230 g/mol. The molecular weight excluding hydrogens is 220 g/mol. The fraction of sp³-hybridized carbons (Fsp3) is 0.222. The van der Waals surface area contributed by atoms with Gasteiger partial charge in [0.25, 0.3) is 10.1 Å². The number of carbonyl (C=O) groups is 1. The zero-order valence-electron chi connectivity index (χ0n) is 7.65. The first kappa shape index (κ1) is 11.8. The molecule has 0 aliphatic heterocycles. The Balaban J connectivity index is 3.06. The molecular formula is C9H10O5S. The summed E-state index contributed by atoms with van der Waals surface area (Å²) >= 11 is 0. The third-order valence-electron chi connectivity index (χ3n) is 1.94. The van der Waals surface area contributed by atoms with Crippen molar-refractivity contribution in [1.82, 2.24) is 0 Å². The molecule has 1 rings (SSSR count). The lowest BCUT2D eigenvalue weighted by Crippen LogP contribution is -2.28. The molecule has 5 nitrogen and oxygen atoms in total. The predicted molar refractivity (Wildman–Crippen MR) is 52.8 cm³/mol. The van der Waals surface area contributed by atoms with Crippen LogP contribution in [-0.4, -0.2) is 29.8 Å². The third kappa shape index (κ3) is 2.85. The van der Waals surface area contributed by atoms with Gasteiger partial charge in [0.2, 0.25) is 0 Å². The van der Waals surface area contributed by atoms with Gasteiger partial charge in [0, 0.05) is 0 Å². The molecule has 0 saturated heterocycles. The molecule has 0 heterocycles. The predicted octanol–water partition coefficient (Wildman–Crippen LogP) is 0.175. The molecule has 0 aliphatic carbocycles. The molecule has 0 fully saturated rings. The Hall–Kier alpha value is -1.24. The van der Waals surface area contributed by atoms with Gasteiger partial charge in [-0.2, -0.15) is 8.42 Å². The van der Waals surface area contributed by atoms with Crippen molar-refractivity contribution in [2.24, 2.45) is 0 Å². The number of aliphatic hydroxyl groups is 1. The minimum Gasteiger partial charge on any atom is -0.374 e. The zero-order valence-corrected chi connectivity index (χ0v) is 8.46. The van der Waals surface area contributed by atoms with Crippen molar-refractivity contribution < 1.29 is 22.9 Å². The van der Waals surface area contributed by atoms with Crippen molar-refractivity contribution in [3.05, 3.63) is 35.9 Å². The van der Waals surface area contributed by atoms with Crippen molar-refractivity contribution in [3.63, 3.8) is 0 Å². The van der Waals surface area contributed by atoms with Gasteiger partial charge in [-0.25, -0.2) is 0 Å². The Morgan fingerprint density at radius 3 is 2.13 bits per heavy atom. The smallest absolute Gasteiger partial charge is 0.293 e. The van der Waals surface area contributed by atoms with E-state index in [2.05, 4.69) is 0 Å². The standard InChI is InChI=1S/C9H10O5S/c10-6-8(9(11)15(12,13)14)7-4-2-1-3-5-7/h1-6,8-9,11H,(H,12,13,14). The number of hydrogen-bond acceptors (Lipinski definition) is 4. The van der Waals surface area contributed by atoms with Crippen LogP contribution in [0.25, 0.3) is 0 Å². The summed E-state index contributed by atoms with van der Waals surface area (Å²) in [6, 6.07) is 7.87. The maximum atomic E-state index is 10.7. The molecule has 15 heavy (non-hydrogen) atoms. The van der Waals surface area contributed by atoms with E-state index in [9.17, 15) is 18.3 Å². The van der Waals surface area contributed by atoms with Gasteiger partial charge in [-0.3, -0.25) is 4.55 Å². The molecule has 2 atom stereocenters. The van der Waals surface area contributed by atoms with E-state index >= 15 is 0 Å². The van der Waals surface area contributed by atoms with Crippen LogP contribution in [0, 0.1) is 0 Å². The number of carbonyl (C=O) groups excluding carboxylic acids is 1. The minimum absolute atomic E-state index is 0.285. The topological polar surface area (TPSA) is 91.7 Å². The Morgan fingerprint density at radius 2 is 1.73 bits per heavy atom. The first-order valence-electron chi connectivity index (χ1n) is 4.11. The van der Waals surface area contributed by atoms with Crippen LogP contribution in [0.1, 0.15) is 11.5 Å². The second-order valence-corrected chi connectivity index (χ2v) is 4.49. The molecule has 0 spiro atoms. The highest BCUT2D eigenvalue weighted by Crippen LogP contribution is 2.20. The Labute approximate surface area is 87.1 Å². The van der Waals surface area contributed by atoms with Gasteiger partial charge >= 0.3 is 0 Å². The van der Waals surface area contributed by atoms with E-state index in [0.717, 1.165) is 0 Å². The molecule has 1 aromatic rings. The van der Waals surface area contributed by atoms with Crippen LogP contribution in [0.2, 0.25) is 0 Å². The van der Waals surface area contributed by atoms with Gasteiger partial charge in [-0.15, -0.1) is 0 Å². The molecule has 1 aromatic carbocycles. The van der Waals surface area contributed by atoms with E-state index in [-0.39, 0.29) is 6.29 Å². The van der Waals surface area contributed by atoms with Crippen molar-refractivity contribution in [2.75, 3.05) is 0 Å². The summed E-state index contributed by atoms with van der Waals surface area (Å²) in [5.74, 6) is -1.28. The molecule has 0 bridgehead atoms. The first-order valence-corrected chi connectivity index (χ1v) is 5.61. The molecule has 0 aliphatic rings. The lowest BCUT2D eigenvalue weighted by molar-refractivity contribution is -0.110. The lowest BCUT2D eigenvalue weighted by atomic mass is 10.0. The normalized spacial score (nSPS) is 15.6. The van der Waals surface area contributed by atoms with Crippen LogP contribution in [0.3, 0.4) is 0 Å². The fourth-order valence-electron chi connectivity index (χ4n) is 1.17. The minimum atomic E-state index is -4.64. The first-order chi connectivity index (χ1) is 6.96. The van der Waals surface area contributed by atoms with Crippen molar-refractivity contribution in [2.45, 2.75) is 11.4 Å². The Kier molecular flexibility index (Phi) is 3.57. The summed E-state index contributed by atoms with van der Waals surface area (Å²) in [6.45, 7) is 0. The SMILES string of the molecule is O=CC(c1ccccc1)C(O)S(=O)(=O)O. The summed E-state index contributed by atoms with van der Waals surface area (Å²) in [5, 5.41) is 9.23. The second-order valence-electron chi connectivity index (χ2n) is 2.98. The third-order valence-corrected chi connectivity index (χ3v) is 2.85. The summed E-state index contributed by atoms with van der Waals surface area (Å²) in [6.07, 6.45) is 0.285. The van der Waals surface area contributed by atoms with E-state index in [1.165, 1.54) is 12.1 Å². The van der Waals surface area contributed by atoms with Crippen molar-refractivity contribution >= 4 is 16.4 Å². The summed E-state index contributed by atoms with van der Waals surface area (Å²) in [7, 11) is -4.64. The van der Waals surface area contributed by atoms with E-state index in [0.29, 0.717) is 5.56 Å². The van der Waals surface area contributed by atoms with Crippen LogP contribution in [-0.2, 0) is 14.9 Å². The molecule has 2 unspecified atom stereocenters. The van der Waals surface area contributed by atoms with Gasteiger partial charge in [-0.05, 0) is 5.56 Å². The molecule has 0 radical (unpaired) electrons. The number of benzene rings is 1. The number of aliphatic hydroxyl groups excluding tert-OH is 1. The molecule has 0 saturated carbocycles. The highest BCUT2D eigenvalue weighted by molar-refractivity contribution is 7.86. The molecule has 0 aromatic heterocycles. The van der Waals surface area contributed by atoms with Crippen LogP contribution < -0.4 is 0 Å². The molecule has 0 amide bonds. The summed E-state index contributed by atoms with van der Waals surface area (Å²) < 4.78 is 29.9. The highest BCUT2D eigenvalue weighted by atomic mass is 32.2. The molecule has 2 N–H and O–H groups in total. The van der Waals surface area contributed by atoms with E-state index in [4.69, 9.17) is 4.55 Å². The van der Waals surface area contributed by atoms with Gasteiger partial charge in [0.05, 0.1) is 5.92 Å². The Bertz CT molecular complexity index is 425. The summed E-state index contributed by atoms with van der Waals surface area (Å²) in [4.78, 5) is 10.7. The average Bonchev–Trinajstić information content (AvgIpc) is 2.19. The highest BCUT2D eigenvalue weighted by Gasteiger charge is 2.30. The van der Waals surface area contributed by atoms with E-state index < -0.39 is 21.5 Å². The maximum Gasteiger partial charge on any atom is 0.293 e. The zero-order chi connectivity index (χ0) is 11.5. The second kappa shape index (κ2) is 4.52. The molecule has 6 heteroatoms. The Morgan fingerprint density at radius 1 is 1.20 bits per heavy atom. The van der Waals surface area contributed by atoms with Gasteiger partial charge in [0.15, 0.2) is 5.44 Å². The van der Waals surface area contributed by atoms with Crippen LogP contribution in [0.4, 0.5) is 0 Å². The molecule has 82 valence electrons. The maximum absolute atomic E-state index is 10.7. The van der Waals surface area contributed by atoms with E-state index in [1.807, 2.05) is 0 Å². The number of rotatable bonds is 4. The van der Waals surface area contributed by atoms with Crippen LogP contribution >= 0.6 is 0 Å². The van der Waals surface area contributed by atoms with Crippen molar-refractivity contribution in [1.29, 1.82) is 0 Å². The van der Waals surface area contributed by atoms with E-state index in [1.54, 1.807) is 18.2 Å². The quantitative estimate of drug-likeness (QED) is 0.568. The fourth-order valence-corrected chi connectivity index (χ4v) is 1.76.